The molecule has 138 valence electrons. The number of rotatable bonds is 4. The molecule has 3 rings (SSSR count). The van der Waals surface area contributed by atoms with Gasteiger partial charge in [0.15, 0.2) is 5.76 Å². The van der Waals surface area contributed by atoms with Crippen molar-refractivity contribution < 1.29 is 17.3 Å². The van der Waals surface area contributed by atoms with Gasteiger partial charge >= 0.3 is 0 Å². The Kier molecular flexibility index (Phi) is 4.85. The summed E-state index contributed by atoms with van der Waals surface area (Å²) < 4.78 is 47.3. The molecule has 0 aliphatic heterocycles. The molecule has 9 heteroatoms. The van der Waals surface area contributed by atoms with Crippen LogP contribution in [0.3, 0.4) is 0 Å². The van der Waals surface area contributed by atoms with E-state index in [4.69, 9.17) is 16.1 Å². The zero-order valence-electron chi connectivity index (χ0n) is 14.5. The van der Waals surface area contributed by atoms with Crippen LogP contribution in [0, 0.1) is 33.5 Å². The van der Waals surface area contributed by atoms with Crippen molar-refractivity contribution in [2.75, 3.05) is 4.72 Å². The molecule has 0 unspecified atom stereocenters. The molecular weight excluding hydrogens is 399 g/mol. The Bertz CT molecular complexity index is 1100. The molecule has 0 amide bonds. The molecule has 0 aliphatic rings. The summed E-state index contributed by atoms with van der Waals surface area (Å²) in [7, 11) is -3.95. The molecule has 1 N–H and O–H groups in total. The third kappa shape index (κ3) is 3.24. The predicted molar refractivity (Wildman–Crippen MR) is 101 cm³/mol. The van der Waals surface area contributed by atoms with Gasteiger partial charge in [-0.05, 0) is 45.9 Å². The summed E-state index contributed by atoms with van der Waals surface area (Å²) in [5.74, 6) is -0.188. The van der Waals surface area contributed by atoms with Crippen LogP contribution in [-0.2, 0) is 10.0 Å². The lowest BCUT2D eigenvalue weighted by Crippen LogP contribution is -2.14. The molecule has 0 aliphatic carbocycles. The van der Waals surface area contributed by atoms with Gasteiger partial charge in [-0.3, -0.25) is 4.72 Å². The number of anilines is 1. The zero-order chi connectivity index (χ0) is 19.2. The standard InChI is InChI=1S/C17H16ClFN2O3S2/c1-8-9(2)20-24-16(8)15-10(3)25-11(4)17(15)26(22,23)21-12-5-6-14(19)13(18)7-12/h5-7,21H,1-4H3. The van der Waals surface area contributed by atoms with Crippen LogP contribution in [0.15, 0.2) is 27.6 Å². The van der Waals surface area contributed by atoms with Gasteiger partial charge in [-0.15, -0.1) is 11.3 Å². The third-order valence-corrected chi connectivity index (χ3v) is 7.02. The second kappa shape index (κ2) is 6.68. The van der Waals surface area contributed by atoms with E-state index < -0.39 is 15.8 Å². The highest BCUT2D eigenvalue weighted by Gasteiger charge is 2.29. The quantitative estimate of drug-likeness (QED) is 0.634. The Labute approximate surface area is 159 Å². The first kappa shape index (κ1) is 18.9. The van der Waals surface area contributed by atoms with E-state index in [0.29, 0.717) is 21.9 Å². The van der Waals surface area contributed by atoms with Gasteiger partial charge < -0.3 is 4.52 Å². The highest BCUT2D eigenvalue weighted by atomic mass is 35.5. The molecular formula is C17H16ClFN2O3S2. The predicted octanol–water partition coefficient (Wildman–Crippen LogP) is 5.23. The molecule has 0 spiro atoms. The van der Waals surface area contributed by atoms with Crippen LogP contribution < -0.4 is 4.72 Å². The summed E-state index contributed by atoms with van der Waals surface area (Å²) in [4.78, 5) is 1.55. The minimum Gasteiger partial charge on any atom is -0.356 e. The van der Waals surface area contributed by atoms with Crippen molar-refractivity contribution in [3.8, 4) is 11.3 Å². The Morgan fingerprint density at radius 2 is 1.88 bits per heavy atom. The molecule has 0 bridgehead atoms. The maximum absolute atomic E-state index is 13.3. The maximum atomic E-state index is 13.3. The minimum absolute atomic E-state index is 0.125. The van der Waals surface area contributed by atoms with E-state index in [0.717, 1.165) is 16.5 Å². The Morgan fingerprint density at radius 3 is 2.46 bits per heavy atom. The van der Waals surface area contributed by atoms with E-state index in [-0.39, 0.29) is 15.6 Å². The number of hydrogen-bond donors (Lipinski definition) is 1. The Morgan fingerprint density at radius 1 is 1.19 bits per heavy atom. The van der Waals surface area contributed by atoms with Crippen molar-refractivity contribution in [3.63, 3.8) is 0 Å². The number of thiophene rings is 1. The highest BCUT2D eigenvalue weighted by Crippen LogP contribution is 2.41. The van der Waals surface area contributed by atoms with Crippen molar-refractivity contribution in [2.45, 2.75) is 32.6 Å². The fourth-order valence-corrected chi connectivity index (χ4v) is 5.75. The van der Waals surface area contributed by atoms with E-state index in [2.05, 4.69) is 9.88 Å². The average molecular weight is 415 g/mol. The Balaban J connectivity index is 2.13. The van der Waals surface area contributed by atoms with Crippen LogP contribution in [0.2, 0.25) is 5.02 Å². The molecule has 0 saturated heterocycles. The van der Waals surface area contributed by atoms with Crippen LogP contribution in [-0.4, -0.2) is 13.6 Å². The summed E-state index contributed by atoms with van der Waals surface area (Å²) in [5, 5.41) is 3.76. The van der Waals surface area contributed by atoms with Gasteiger partial charge in [-0.2, -0.15) is 0 Å². The van der Waals surface area contributed by atoms with Crippen molar-refractivity contribution >= 4 is 38.6 Å². The van der Waals surface area contributed by atoms with Gasteiger partial charge in [-0.1, -0.05) is 16.8 Å². The van der Waals surface area contributed by atoms with Gasteiger partial charge in [0.1, 0.15) is 10.7 Å². The number of aromatic nitrogens is 1. The molecule has 0 atom stereocenters. The molecule has 3 aromatic rings. The number of sulfonamides is 1. The number of nitrogens with one attached hydrogen (secondary N) is 1. The molecule has 0 saturated carbocycles. The number of benzene rings is 1. The second-order valence-electron chi connectivity index (χ2n) is 5.88. The first-order valence-electron chi connectivity index (χ1n) is 7.63. The van der Waals surface area contributed by atoms with Crippen molar-refractivity contribution in [1.29, 1.82) is 0 Å². The number of hydrogen-bond acceptors (Lipinski definition) is 5. The van der Waals surface area contributed by atoms with Crippen LogP contribution >= 0.6 is 22.9 Å². The van der Waals surface area contributed by atoms with Crippen LogP contribution in [0.4, 0.5) is 10.1 Å². The molecule has 1 aromatic carbocycles. The molecule has 2 aromatic heterocycles. The molecule has 2 heterocycles. The van der Waals surface area contributed by atoms with E-state index in [1.165, 1.54) is 23.5 Å². The number of halogens is 2. The van der Waals surface area contributed by atoms with Gasteiger partial charge in [0.25, 0.3) is 10.0 Å². The lowest BCUT2D eigenvalue weighted by Gasteiger charge is -2.10. The number of nitrogens with zero attached hydrogens (tertiary/aromatic N) is 1. The first-order chi connectivity index (χ1) is 12.1. The van der Waals surface area contributed by atoms with Gasteiger partial charge in [0.2, 0.25) is 0 Å². The third-order valence-electron chi connectivity index (χ3n) is 4.03. The summed E-state index contributed by atoms with van der Waals surface area (Å²) in [6.07, 6.45) is 0. The summed E-state index contributed by atoms with van der Waals surface area (Å²) >= 11 is 7.10. The zero-order valence-corrected chi connectivity index (χ0v) is 16.9. The van der Waals surface area contributed by atoms with Gasteiger partial charge in [0, 0.05) is 15.3 Å². The van der Waals surface area contributed by atoms with E-state index in [1.807, 2.05) is 13.8 Å². The topological polar surface area (TPSA) is 72.2 Å². The van der Waals surface area contributed by atoms with E-state index in [9.17, 15) is 12.8 Å². The smallest absolute Gasteiger partial charge is 0.263 e. The molecule has 26 heavy (non-hydrogen) atoms. The lowest BCUT2D eigenvalue weighted by molar-refractivity contribution is 0.426. The normalized spacial score (nSPS) is 11.8. The fourth-order valence-electron chi connectivity index (χ4n) is 2.66. The van der Waals surface area contributed by atoms with Crippen molar-refractivity contribution in [2.24, 2.45) is 0 Å². The summed E-state index contributed by atoms with van der Waals surface area (Å²) in [6.45, 7) is 7.19. The second-order valence-corrected chi connectivity index (χ2v) is 9.33. The summed E-state index contributed by atoms with van der Waals surface area (Å²) in [5.41, 5.74) is 2.15. The lowest BCUT2D eigenvalue weighted by atomic mass is 10.1. The number of aryl methyl sites for hydroxylation is 3. The molecule has 0 fully saturated rings. The minimum atomic E-state index is -3.95. The van der Waals surface area contributed by atoms with Crippen LogP contribution in [0.1, 0.15) is 21.0 Å². The first-order valence-corrected chi connectivity index (χ1v) is 10.3. The average Bonchev–Trinajstić information content (AvgIpc) is 3.02. The van der Waals surface area contributed by atoms with Crippen LogP contribution in [0.5, 0.6) is 0 Å². The fraction of sp³-hybridized carbons (Fsp3) is 0.235. The monoisotopic (exact) mass is 414 g/mol. The SMILES string of the molecule is Cc1noc(-c2c(C)sc(C)c2S(=O)(=O)Nc2ccc(F)c(Cl)c2)c1C. The highest BCUT2D eigenvalue weighted by molar-refractivity contribution is 7.93. The van der Waals surface area contributed by atoms with Gasteiger partial charge in [-0.25, -0.2) is 12.8 Å². The van der Waals surface area contributed by atoms with E-state index in [1.54, 1.807) is 13.8 Å². The van der Waals surface area contributed by atoms with Gasteiger partial charge in [0.05, 0.1) is 22.0 Å². The molecule has 0 radical (unpaired) electrons. The Hall–Kier alpha value is -1.90. The van der Waals surface area contributed by atoms with Crippen LogP contribution in [0.25, 0.3) is 11.3 Å². The van der Waals surface area contributed by atoms with Crippen molar-refractivity contribution in [3.05, 3.63) is 50.1 Å². The van der Waals surface area contributed by atoms with E-state index >= 15 is 0 Å². The summed E-state index contributed by atoms with van der Waals surface area (Å²) in [6, 6.07) is 3.65. The molecule has 5 nitrogen and oxygen atoms in total. The maximum Gasteiger partial charge on any atom is 0.263 e. The van der Waals surface area contributed by atoms with Crippen molar-refractivity contribution in [1.82, 2.24) is 5.16 Å². The largest absolute Gasteiger partial charge is 0.356 e.